The number of anilines is 1. The molecule has 0 bridgehead atoms. The average Bonchev–Trinajstić information content (AvgIpc) is 3.25. The van der Waals surface area contributed by atoms with Crippen molar-refractivity contribution in [3.05, 3.63) is 28.1 Å². The zero-order valence-corrected chi connectivity index (χ0v) is 23.6. The molecule has 2 heterocycles. The van der Waals surface area contributed by atoms with E-state index in [0.29, 0.717) is 28.6 Å². The molecule has 1 aliphatic heterocycles. The van der Waals surface area contributed by atoms with Crippen LogP contribution in [0.25, 0.3) is 11.1 Å². The number of carbonyl (C=O) groups is 1. The van der Waals surface area contributed by atoms with Crippen molar-refractivity contribution in [2.75, 3.05) is 24.6 Å². The van der Waals surface area contributed by atoms with Gasteiger partial charge in [0.15, 0.2) is 19.8 Å². The van der Waals surface area contributed by atoms with Gasteiger partial charge in [-0.25, -0.2) is 4.98 Å². The van der Waals surface area contributed by atoms with E-state index in [1.165, 1.54) is 6.07 Å². The van der Waals surface area contributed by atoms with E-state index >= 15 is 0 Å². The Morgan fingerprint density at radius 1 is 1.17 bits per heavy atom. The number of oxazole rings is 1. The maximum Gasteiger partial charge on any atom is 0.296 e. The minimum atomic E-state index is -1.78. The van der Waals surface area contributed by atoms with Crippen LogP contribution in [0.2, 0.25) is 18.1 Å². The number of nitro groups is 1. The third-order valence-corrected chi connectivity index (χ3v) is 13.3. The van der Waals surface area contributed by atoms with E-state index < -0.39 is 8.32 Å². The second-order valence-corrected chi connectivity index (χ2v) is 17.1. The maximum atomic E-state index is 12.0. The molecule has 2 aromatic rings. The minimum absolute atomic E-state index is 0.0708. The van der Waals surface area contributed by atoms with Crippen LogP contribution < -0.4 is 4.90 Å². The lowest BCUT2D eigenvalue weighted by Crippen LogP contribution is -2.43. The Balaban J connectivity index is 1.46. The molecular weight excluding hydrogens is 474 g/mol. The Hall–Kier alpha value is -2.26. The van der Waals surface area contributed by atoms with Crippen molar-refractivity contribution in [3.8, 4) is 0 Å². The molecule has 9 heteroatoms. The molecule has 2 aliphatic rings. The van der Waals surface area contributed by atoms with Crippen molar-refractivity contribution >= 4 is 36.6 Å². The van der Waals surface area contributed by atoms with Crippen LogP contribution in [0.4, 0.5) is 11.4 Å². The first kappa shape index (κ1) is 26.8. The molecule has 0 atom stereocenters. The molecule has 1 saturated heterocycles. The molecule has 0 amide bonds. The summed E-state index contributed by atoms with van der Waals surface area (Å²) in [6.45, 7) is 15.3. The highest BCUT2D eigenvalue weighted by atomic mass is 28.4. The number of ketones is 1. The number of hydrogen-bond acceptors (Lipinski definition) is 7. The fourth-order valence-electron chi connectivity index (χ4n) is 5.17. The van der Waals surface area contributed by atoms with Crippen LogP contribution in [0, 0.1) is 22.0 Å². The van der Waals surface area contributed by atoms with E-state index in [0.717, 1.165) is 58.2 Å². The molecule has 1 saturated carbocycles. The highest BCUT2D eigenvalue weighted by Crippen LogP contribution is 2.41. The van der Waals surface area contributed by atoms with E-state index in [2.05, 4.69) is 38.8 Å². The molecule has 0 spiro atoms. The van der Waals surface area contributed by atoms with Gasteiger partial charge in [-0.15, -0.1) is 0 Å². The zero-order valence-electron chi connectivity index (χ0n) is 22.6. The Morgan fingerprint density at radius 2 is 1.81 bits per heavy atom. The van der Waals surface area contributed by atoms with Crippen LogP contribution in [-0.2, 0) is 9.22 Å². The van der Waals surface area contributed by atoms with Crippen molar-refractivity contribution in [2.45, 2.75) is 90.3 Å². The monoisotopic (exact) mass is 515 g/mol. The number of fused-ring (bicyclic) bond motifs is 1. The van der Waals surface area contributed by atoms with Gasteiger partial charge in [-0.2, -0.15) is 0 Å². The Morgan fingerprint density at radius 3 is 2.36 bits per heavy atom. The van der Waals surface area contributed by atoms with Gasteiger partial charge in [0.1, 0.15) is 17.0 Å². The molecule has 8 nitrogen and oxygen atoms in total. The molecule has 36 heavy (non-hydrogen) atoms. The van der Waals surface area contributed by atoms with Crippen molar-refractivity contribution in [2.24, 2.45) is 11.8 Å². The quantitative estimate of drug-likeness (QED) is 0.226. The molecule has 198 valence electrons. The lowest BCUT2D eigenvalue weighted by molar-refractivity contribution is -0.384. The number of Topliss-reactive ketones (excluding diaryl/α,β-unsaturated/α-hetero) is 1. The third kappa shape index (κ3) is 5.67. The summed E-state index contributed by atoms with van der Waals surface area (Å²) >= 11 is 0. The number of piperidine rings is 1. The summed E-state index contributed by atoms with van der Waals surface area (Å²) in [4.78, 5) is 30.2. The number of carbonyl (C=O) groups excluding carboxylic acids is 1. The number of hydrogen-bond donors (Lipinski definition) is 0. The summed E-state index contributed by atoms with van der Waals surface area (Å²) in [5.74, 6) is 1.66. The lowest BCUT2D eigenvalue weighted by atomic mass is 9.80. The van der Waals surface area contributed by atoms with Crippen LogP contribution in [0.5, 0.6) is 0 Å². The van der Waals surface area contributed by atoms with Gasteiger partial charge in [0, 0.05) is 31.5 Å². The van der Waals surface area contributed by atoms with Crippen LogP contribution >= 0.6 is 0 Å². The second-order valence-electron chi connectivity index (χ2n) is 12.3. The highest BCUT2D eigenvalue weighted by Gasteiger charge is 2.38. The summed E-state index contributed by atoms with van der Waals surface area (Å²) in [6, 6.07) is 3.36. The summed E-state index contributed by atoms with van der Waals surface area (Å²) in [6.07, 6.45) is 5.31. The Kier molecular flexibility index (Phi) is 7.62. The van der Waals surface area contributed by atoms with Crippen molar-refractivity contribution in [1.29, 1.82) is 0 Å². The van der Waals surface area contributed by atoms with Gasteiger partial charge in [0.2, 0.25) is 0 Å². The first-order valence-electron chi connectivity index (χ1n) is 13.3. The van der Waals surface area contributed by atoms with Gasteiger partial charge in [0.25, 0.3) is 5.69 Å². The van der Waals surface area contributed by atoms with Gasteiger partial charge < -0.3 is 13.7 Å². The van der Waals surface area contributed by atoms with E-state index in [1.807, 2.05) is 6.07 Å². The normalized spacial score (nSPS) is 22.2. The summed E-state index contributed by atoms with van der Waals surface area (Å²) in [7, 11) is -1.78. The van der Waals surface area contributed by atoms with Gasteiger partial charge in [-0.1, -0.05) is 20.8 Å². The zero-order chi connectivity index (χ0) is 26.3. The molecule has 4 rings (SSSR count). The van der Waals surface area contributed by atoms with Gasteiger partial charge in [0.05, 0.1) is 11.0 Å². The summed E-state index contributed by atoms with van der Waals surface area (Å²) in [5.41, 5.74) is 1.83. The lowest BCUT2D eigenvalue weighted by Gasteiger charge is -2.39. The molecule has 1 aromatic carbocycles. The van der Waals surface area contributed by atoms with E-state index in [-0.39, 0.29) is 33.3 Å². The standard InChI is InChI=1S/C27H41N3O5Si/c1-18(31)20-7-9-21(10-8-20)26-28-22-15-23(24(30(32)33)16-25(22)35-26)29-13-11-19(12-14-29)17-34-36(5,6)27(2,3)4/h15-16,19-21H,7-14,17H2,1-6H3. The van der Waals surface area contributed by atoms with Gasteiger partial charge in [-0.3, -0.25) is 14.9 Å². The molecule has 2 fully saturated rings. The Labute approximate surface area is 215 Å². The molecule has 1 aliphatic carbocycles. The van der Waals surface area contributed by atoms with Crippen LogP contribution in [0.1, 0.15) is 78.0 Å². The fraction of sp³-hybridized carbons (Fsp3) is 0.704. The van der Waals surface area contributed by atoms with Crippen molar-refractivity contribution in [3.63, 3.8) is 0 Å². The third-order valence-electron chi connectivity index (χ3n) is 8.79. The van der Waals surface area contributed by atoms with Gasteiger partial charge >= 0.3 is 0 Å². The van der Waals surface area contributed by atoms with E-state index in [9.17, 15) is 14.9 Å². The predicted molar refractivity (Wildman–Crippen MR) is 144 cm³/mol. The van der Waals surface area contributed by atoms with Crippen molar-refractivity contribution in [1.82, 2.24) is 4.98 Å². The molecule has 0 N–H and O–H groups in total. The predicted octanol–water partition coefficient (Wildman–Crippen LogP) is 6.84. The van der Waals surface area contributed by atoms with Crippen LogP contribution in [-0.4, -0.2) is 43.7 Å². The summed E-state index contributed by atoms with van der Waals surface area (Å²) in [5, 5.41) is 12.1. The van der Waals surface area contributed by atoms with Gasteiger partial charge in [-0.05, 0) is 75.6 Å². The second kappa shape index (κ2) is 10.2. The highest BCUT2D eigenvalue weighted by molar-refractivity contribution is 6.74. The largest absolute Gasteiger partial charge is 0.440 e. The Bertz CT molecular complexity index is 1110. The number of nitrogens with zero attached hydrogens (tertiary/aromatic N) is 3. The average molecular weight is 516 g/mol. The molecular formula is C27H41N3O5Si. The first-order chi connectivity index (χ1) is 16.9. The van der Waals surface area contributed by atoms with E-state index in [1.54, 1.807) is 6.92 Å². The topological polar surface area (TPSA) is 98.7 Å². The van der Waals surface area contributed by atoms with Crippen molar-refractivity contribution < 1.29 is 18.6 Å². The van der Waals surface area contributed by atoms with Crippen LogP contribution in [0.3, 0.4) is 0 Å². The molecule has 1 aromatic heterocycles. The number of aromatic nitrogens is 1. The molecule has 0 unspecified atom stereocenters. The smallest absolute Gasteiger partial charge is 0.296 e. The SMILES string of the molecule is CC(=O)C1CCC(c2nc3cc(N4CCC(CO[Si](C)(C)C(C)(C)C)CC4)c([N+](=O)[O-])cc3o2)CC1. The molecule has 0 radical (unpaired) electrons. The summed E-state index contributed by atoms with van der Waals surface area (Å²) < 4.78 is 12.5. The minimum Gasteiger partial charge on any atom is -0.440 e. The number of nitro benzene ring substituents is 1. The van der Waals surface area contributed by atoms with E-state index in [4.69, 9.17) is 13.8 Å². The number of benzene rings is 1. The number of rotatable bonds is 7. The maximum absolute atomic E-state index is 12.0. The van der Waals surface area contributed by atoms with Crippen LogP contribution in [0.15, 0.2) is 16.5 Å². The fourth-order valence-corrected chi connectivity index (χ4v) is 6.26. The first-order valence-corrected chi connectivity index (χ1v) is 16.2.